The summed E-state index contributed by atoms with van der Waals surface area (Å²) in [7, 11) is 0. The van der Waals surface area contributed by atoms with Crippen LogP contribution in [0.5, 0.6) is 0 Å². The molecule has 0 saturated carbocycles. The Balaban J connectivity index is 1.78. The van der Waals surface area contributed by atoms with Gasteiger partial charge >= 0.3 is 0 Å². The van der Waals surface area contributed by atoms with Crippen LogP contribution >= 0.6 is 15.9 Å². The summed E-state index contributed by atoms with van der Waals surface area (Å²) >= 11 is 3.41. The van der Waals surface area contributed by atoms with Gasteiger partial charge in [0.25, 0.3) is 5.56 Å². The Morgan fingerprint density at radius 3 is 2.52 bits per heavy atom. The molecule has 0 amide bonds. The van der Waals surface area contributed by atoms with Crippen molar-refractivity contribution in [2.24, 2.45) is 0 Å². The van der Waals surface area contributed by atoms with Crippen LogP contribution in [0.2, 0.25) is 0 Å². The van der Waals surface area contributed by atoms with Crippen molar-refractivity contribution in [2.75, 3.05) is 0 Å². The second-order valence-corrected chi connectivity index (χ2v) is 6.38. The van der Waals surface area contributed by atoms with E-state index in [1.165, 1.54) is 6.20 Å². The van der Waals surface area contributed by atoms with Crippen molar-refractivity contribution in [3.8, 4) is 5.69 Å². The number of nitrogens with zero attached hydrogens (tertiary/aromatic N) is 3. The van der Waals surface area contributed by atoms with Gasteiger partial charge in [-0.2, -0.15) is 5.10 Å². The van der Waals surface area contributed by atoms with Crippen molar-refractivity contribution in [3.63, 3.8) is 0 Å². The summed E-state index contributed by atoms with van der Waals surface area (Å²) in [6.07, 6.45) is 5.22. The lowest BCUT2D eigenvalue weighted by atomic mass is 10.2. The van der Waals surface area contributed by atoms with Crippen molar-refractivity contribution in [1.29, 1.82) is 0 Å². The Bertz CT molecular complexity index is 1110. The number of hydrogen-bond donors (Lipinski definition) is 1. The van der Waals surface area contributed by atoms with E-state index in [1.807, 2.05) is 60.7 Å². The van der Waals surface area contributed by atoms with Crippen LogP contribution in [-0.2, 0) is 0 Å². The lowest BCUT2D eigenvalue weighted by molar-refractivity contribution is 0.893. The molecule has 0 atom stereocenters. The highest BCUT2D eigenvalue weighted by Gasteiger charge is 2.10. The molecule has 6 heteroatoms. The summed E-state index contributed by atoms with van der Waals surface area (Å²) in [6.45, 7) is 0. The van der Waals surface area contributed by atoms with Crippen LogP contribution in [0.1, 0.15) is 11.4 Å². The van der Waals surface area contributed by atoms with Gasteiger partial charge in [-0.1, -0.05) is 52.3 Å². The van der Waals surface area contributed by atoms with Crippen molar-refractivity contribution in [1.82, 2.24) is 19.7 Å². The average molecular weight is 393 g/mol. The number of hydrogen-bond acceptors (Lipinski definition) is 3. The molecular formula is C19H13BrN4O. The zero-order valence-electron chi connectivity index (χ0n) is 13.1. The molecule has 0 bridgehead atoms. The molecule has 2 aromatic carbocycles. The van der Waals surface area contributed by atoms with Crippen LogP contribution in [0.4, 0.5) is 0 Å². The molecule has 25 heavy (non-hydrogen) atoms. The van der Waals surface area contributed by atoms with Gasteiger partial charge in [-0.25, -0.2) is 9.67 Å². The fourth-order valence-corrected chi connectivity index (χ4v) is 2.79. The lowest BCUT2D eigenvalue weighted by Gasteiger charge is -2.02. The molecule has 0 aliphatic carbocycles. The molecule has 5 nitrogen and oxygen atoms in total. The van der Waals surface area contributed by atoms with Crippen molar-refractivity contribution < 1.29 is 0 Å². The Morgan fingerprint density at radius 2 is 1.76 bits per heavy atom. The number of aromatic amines is 1. The number of nitrogens with one attached hydrogen (secondary N) is 1. The standard InChI is InChI=1S/C19H13BrN4O/c20-14-9-6-13(7-10-14)8-11-17-22-18-16(19(25)23-17)12-21-24(18)15-4-2-1-3-5-15/h1-12H,(H,22,23,25). The highest BCUT2D eigenvalue weighted by Crippen LogP contribution is 2.15. The van der Waals surface area contributed by atoms with Crippen LogP contribution in [0.15, 0.2) is 70.1 Å². The molecule has 0 fully saturated rings. The SMILES string of the molecule is O=c1[nH]c(C=Cc2ccc(Br)cc2)nc2c1cnn2-c1ccccc1. The summed E-state index contributed by atoms with van der Waals surface area (Å²) in [5.41, 5.74) is 2.20. The third-order valence-electron chi connectivity index (χ3n) is 3.76. The van der Waals surface area contributed by atoms with Crippen LogP contribution in [0.3, 0.4) is 0 Å². The highest BCUT2D eigenvalue weighted by atomic mass is 79.9. The quantitative estimate of drug-likeness (QED) is 0.572. The molecule has 4 aromatic rings. The minimum atomic E-state index is -0.206. The van der Waals surface area contributed by atoms with Crippen LogP contribution in [-0.4, -0.2) is 19.7 Å². The van der Waals surface area contributed by atoms with E-state index in [0.717, 1.165) is 15.7 Å². The second-order valence-electron chi connectivity index (χ2n) is 5.47. The van der Waals surface area contributed by atoms with Crippen molar-refractivity contribution in [2.45, 2.75) is 0 Å². The number of fused-ring (bicyclic) bond motifs is 1. The van der Waals surface area contributed by atoms with E-state index in [0.29, 0.717) is 16.9 Å². The highest BCUT2D eigenvalue weighted by molar-refractivity contribution is 9.10. The summed E-state index contributed by atoms with van der Waals surface area (Å²) in [5.74, 6) is 0.484. The van der Waals surface area contributed by atoms with Gasteiger partial charge in [-0.3, -0.25) is 4.79 Å². The number of H-pyrrole nitrogens is 1. The summed E-state index contributed by atoms with van der Waals surface area (Å²) in [5, 5.41) is 4.76. The molecule has 122 valence electrons. The van der Waals surface area contributed by atoms with E-state index in [-0.39, 0.29) is 5.56 Å². The molecule has 0 unspecified atom stereocenters. The van der Waals surface area contributed by atoms with E-state index in [4.69, 9.17) is 0 Å². The first-order valence-electron chi connectivity index (χ1n) is 7.68. The molecule has 0 radical (unpaired) electrons. The summed E-state index contributed by atoms with van der Waals surface area (Å²) in [6, 6.07) is 17.5. The van der Waals surface area contributed by atoms with Gasteiger partial charge in [0.1, 0.15) is 11.2 Å². The molecule has 0 aliphatic rings. The van der Waals surface area contributed by atoms with Crippen LogP contribution < -0.4 is 5.56 Å². The van der Waals surface area contributed by atoms with Gasteiger partial charge in [0, 0.05) is 4.47 Å². The lowest BCUT2D eigenvalue weighted by Crippen LogP contribution is -2.10. The van der Waals surface area contributed by atoms with Crippen LogP contribution in [0.25, 0.3) is 28.9 Å². The number of rotatable bonds is 3. The summed E-state index contributed by atoms with van der Waals surface area (Å²) in [4.78, 5) is 19.6. The predicted octanol–water partition coefficient (Wildman–Crippen LogP) is 4.04. The monoisotopic (exact) mass is 392 g/mol. The van der Waals surface area contributed by atoms with Gasteiger partial charge in [0.15, 0.2) is 5.65 Å². The zero-order chi connectivity index (χ0) is 17.2. The maximum atomic E-state index is 12.3. The van der Waals surface area contributed by atoms with E-state index in [1.54, 1.807) is 10.8 Å². The molecule has 0 saturated heterocycles. The first-order valence-corrected chi connectivity index (χ1v) is 8.47. The van der Waals surface area contributed by atoms with Crippen molar-refractivity contribution in [3.05, 3.63) is 87.0 Å². The average Bonchev–Trinajstić information content (AvgIpc) is 3.06. The number of aromatic nitrogens is 4. The topological polar surface area (TPSA) is 63.6 Å². The van der Waals surface area contributed by atoms with E-state index < -0.39 is 0 Å². The Labute approximate surface area is 151 Å². The van der Waals surface area contributed by atoms with E-state index >= 15 is 0 Å². The largest absolute Gasteiger partial charge is 0.306 e. The molecule has 4 rings (SSSR count). The van der Waals surface area contributed by atoms with Crippen molar-refractivity contribution >= 4 is 39.1 Å². The molecule has 0 aliphatic heterocycles. The Hall–Kier alpha value is -2.99. The smallest absolute Gasteiger partial charge is 0.262 e. The maximum absolute atomic E-state index is 12.3. The van der Waals surface area contributed by atoms with Gasteiger partial charge in [-0.15, -0.1) is 0 Å². The minimum Gasteiger partial charge on any atom is -0.306 e. The molecule has 2 aromatic heterocycles. The Kier molecular flexibility index (Phi) is 4.03. The first-order chi connectivity index (χ1) is 12.2. The van der Waals surface area contributed by atoms with Gasteiger partial charge in [-0.05, 0) is 35.9 Å². The number of para-hydroxylation sites is 1. The van der Waals surface area contributed by atoms with E-state index in [9.17, 15) is 4.79 Å². The fourth-order valence-electron chi connectivity index (χ4n) is 2.52. The molecular weight excluding hydrogens is 380 g/mol. The van der Waals surface area contributed by atoms with Gasteiger partial charge in [0.05, 0.1) is 11.9 Å². The number of halogens is 1. The molecule has 0 spiro atoms. The fraction of sp³-hybridized carbons (Fsp3) is 0. The molecule has 1 N–H and O–H groups in total. The first kappa shape index (κ1) is 15.5. The maximum Gasteiger partial charge on any atom is 0.262 e. The third kappa shape index (κ3) is 3.16. The van der Waals surface area contributed by atoms with Crippen LogP contribution in [0, 0.1) is 0 Å². The normalized spacial score (nSPS) is 11.4. The van der Waals surface area contributed by atoms with Gasteiger partial charge in [0.2, 0.25) is 0 Å². The molecule has 2 heterocycles. The van der Waals surface area contributed by atoms with Gasteiger partial charge < -0.3 is 4.98 Å². The Morgan fingerprint density at radius 1 is 1.00 bits per heavy atom. The third-order valence-corrected chi connectivity index (χ3v) is 4.29. The number of benzene rings is 2. The zero-order valence-corrected chi connectivity index (χ0v) is 14.6. The second kappa shape index (κ2) is 6.49. The summed E-state index contributed by atoms with van der Waals surface area (Å²) < 4.78 is 2.69. The minimum absolute atomic E-state index is 0.206. The van der Waals surface area contributed by atoms with E-state index in [2.05, 4.69) is 31.0 Å². The predicted molar refractivity (Wildman–Crippen MR) is 103 cm³/mol.